The van der Waals surface area contributed by atoms with Crippen LogP contribution in [0.3, 0.4) is 0 Å². The summed E-state index contributed by atoms with van der Waals surface area (Å²) in [5.74, 6) is -0.549. The molecule has 31 heavy (non-hydrogen) atoms. The van der Waals surface area contributed by atoms with Gasteiger partial charge in [0.2, 0.25) is 5.91 Å². The van der Waals surface area contributed by atoms with Gasteiger partial charge in [-0.1, -0.05) is 54.2 Å². The van der Waals surface area contributed by atoms with Crippen molar-refractivity contribution in [3.05, 3.63) is 90.2 Å². The summed E-state index contributed by atoms with van der Waals surface area (Å²) in [6.45, 7) is 1.16. The van der Waals surface area contributed by atoms with Gasteiger partial charge in [0.1, 0.15) is 11.1 Å². The van der Waals surface area contributed by atoms with Gasteiger partial charge in [-0.05, 0) is 42.0 Å². The SMILES string of the molecule is COCCn1c(S[C@H](C(=O)Nc2ccc(F)cc2)c2ccccc2)nc2ccccc21. The first-order valence-electron chi connectivity index (χ1n) is 9.88. The van der Waals surface area contributed by atoms with Crippen molar-refractivity contribution in [1.29, 1.82) is 0 Å². The summed E-state index contributed by atoms with van der Waals surface area (Å²) in [4.78, 5) is 18.0. The molecule has 0 spiro atoms. The van der Waals surface area contributed by atoms with Crippen LogP contribution in [0.1, 0.15) is 10.8 Å². The van der Waals surface area contributed by atoms with Crippen LogP contribution in [-0.2, 0) is 16.1 Å². The molecule has 0 aliphatic carbocycles. The summed E-state index contributed by atoms with van der Waals surface area (Å²) in [7, 11) is 1.66. The zero-order valence-electron chi connectivity index (χ0n) is 17.0. The second kappa shape index (κ2) is 9.76. The Morgan fingerprint density at radius 1 is 1.06 bits per heavy atom. The van der Waals surface area contributed by atoms with Crippen LogP contribution in [0, 0.1) is 5.82 Å². The van der Waals surface area contributed by atoms with Crippen LogP contribution in [0.25, 0.3) is 11.0 Å². The van der Waals surface area contributed by atoms with E-state index in [4.69, 9.17) is 9.72 Å². The van der Waals surface area contributed by atoms with Crippen LogP contribution >= 0.6 is 11.8 Å². The molecule has 0 saturated heterocycles. The molecule has 0 saturated carbocycles. The second-order valence-corrected chi connectivity index (χ2v) is 8.00. The average molecular weight is 436 g/mol. The zero-order chi connectivity index (χ0) is 21.6. The van der Waals surface area contributed by atoms with E-state index in [1.54, 1.807) is 19.2 Å². The molecular formula is C24H22FN3O2S. The normalized spacial score (nSPS) is 12.1. The maximum absolute atomic E-state index is 13.3. The second-order valence-electron chi connectivity index (χ2n) is 6.93. The van der Waals surface area contributed by atoms with E-state index in [2.05, 4.69) is 9.88 Å². The van der Waals surface area contributed by atoms with Crippen molar-refractivity contribution in [2.45, 2.75) is 17.0 Å². The van der Waals surface area contributed by atoms with Crippen molar-refractivity contribution in [3.8, 4) is 0 Å². The number of para-hydroxylation sites is 2. The maximum atomic E-state index is 13.3. The Kier molecular flexibility index (Phi) is 6.64. The van der Waals surface area contributed by atoms with Crippen molar-refractivity contribution in [3.63, 3.8) is 0 Å². The van der Waals surface area contributed by atoms with Crippen molar-refractivity contribution in [2.24, 2.45) is 0 Å². The number of methoxy groups -OCH3 is 1. The van der Waals surface area contributed by atoms with Gasteiger partial charge in [-0.25, -0.2) is 9.37 Å². The molecule has 0 bridgehead atoms. The molecule has 0 fully saturated rings. The number of halogens is 1. The summed E-state index contributed by atoms with van der Waals surface area (Å²) in [6, 6.07) is 23.2. The summed E-state index contributed by atoms with van der Waals surface area (Å²) >= 11 is 1.39. The molecule has 1 atom stereocenters. The van der Waals surface area contributed by atoms with Gasteiger partial charge in [0.05, 0.1) is 17.6 Å². The number of hydrogen-bond acceptors (Lipinski definition) is 4. The lowest BCUT2D eigenvalue weighted by molar-refractivity contribution is -0.115. The van der Waals surface area contributed by atoms with E-state index in [0.29, 0.717) is 18.8 Å². The van der Waals surface area contributed by atoms with Gasteiger partial charge in [0.25, 0.3) is 0 Å². The van der Waals surface area contributed by atoms with Gasteiger partial charge in [-0.2, -0.15) is 0 Å². The Labute approximate surface area is 184 Å². The first kappa shape index (κ1) is 21.1. The lowest BCUT2D eigenvalue weighted by atomic mass is 10.1. The quantitative estimate of drug-likeness (QED) is 0.382. The van der Waals surface area contributed by atoms with Gasteiger partial charge in [-0.3, -0.25) is 4.79 Å². The minimum atomic E-state index is -0.538. The molecule has 7 heteroatoms. The molecular weight excluding hydrogens is 413 g/mol. The number of amides is 1. The van der Waals surface area contributed by atoms with E-state index in [9.17, 15) is 9.18 Å². The number of ether oxygens (including phenoxy) is 1. The van der Waals surface area contributed by atoms with Gasteiger partial charge in [0.15, 0.2) is 5.16 Å². The number of rotatable bonds is 8. The molecule has 5 nitrogen and oxygen atoms in total. The van der Waals surface area contributed by atoms with Crippen LogP contribution in [0.2, 0.25) is 0 Å². The number of benzene rings is 3. The number of nitrogens with one attached hydrogen (secondary N) is 1. The lowest BCUT2D eigenvalue weighted by Crippen LogP contribution is -2.19. The van der Waals surface area contributed by atoms with E-state index >= 15 is 0 Å². The van der Waals surface area contributed by atoms with Crippen molar-refractivity contribution < 1.29 is 13.9 Å². The minimum absolute atomic E-state index is 0.201. The summed E-state index contributed by atoms with van der Waals surface area (Å²) in [6.07, 6.45) is 0. The highest BCUT2D eigenvalue weighted by atomic mass is 32.2. The fourth-order valence-electron chi connectivity index (χ4n) is 3.29. The maximum Gasteiger partial charge on any atom is 0.242 e. The first-order chi connectivity index (χ1) is 15.2. The molecule has 1 amide bonds. The molecule has 4 aromatic rings. The topological polar surface area (TPSA) is 56.1 Å². The number of imidazole rings is 1. The number of thioether (sulfide) groups is 1. The number of fused-ring (bicyclic) bond motifs is 1. The van der Waals surface area contributed by atoms with Gasteiger partial charge < -0.3 is 14.6 Å². The number of aromatic nitrogens is 2. The van der Waals surface area contributed by atoms with E-state index in [0.717, 1.165) is 21.8 Å². The molecule has 0 radical (unpaired) electrons. The van der Waals surface area contributed by atoms with Gasteiger partial charge in [-0.15, -0.1) is 0 Å². The van der Waals surface area contributed by atoms with Crippen molar-refractivity contribution >= 4 is 34.4 Å². The molecule has 1 N–H and O–H groups in total. The Balaban J connectivity index is 1.68. The molecule has 158 valence electrons. The fraction of sp³-hybridized carbons (Fsp3) is 0.167. The standard InChI is InChI=1S/C24H22FN3O2S/c1-30-16-15-28-21-10-6-5-9-20(21)27-24(28)31-22(17-7-3-2-4-8-17)23(29)26-19-13-11-18(25)12-14-19/h2-14,22H,15-16H2,1H3,(H,26,29)/t22-/m0/s1. The van der Waals surface area contributed by atoms with Crippen LogP contribution in [0.4, 0.5) is 10.1 Å². The molecule has 1 aromatic heterocycles. The van der Waals surface area contributed by atoms with Crippen LogP contribution < -0.4 is 5.32 Å². The highest BCUT2D eigenvalue weighted by Gasteiger charge is 2.25. The Bertz CT molecular complexity index is 1160. The summed E-state index contributed by atoms with van der Waals surface area (Å²) in [5, 5.41) is 3.10. The van der Waals surface area contributed by atoms with E-state index < -0.39 is 5.25 Å². The summed E-state index contributed by atoms with van der Waals surface area (Å²) < 4.78 is 20.6. The Morgan fingerprint density at radius 3 is 2.52 bits per heavy atom. The largest absolute Gasteiger partial charge is 0.383 e. The van der Waals surface area contributed by atoms with Gasteiger partial charge >= 0.3 is 0 Å². The van der Waals surface area contributed by atoms with Crippen LogP contribution in [0.5, 0.6) is 0 Å². The smallest absolute Gasteiger partial charge is 0.242 e. The molecule has 3 aromatic carbocycles. The lowest BCUT2D eigenvalue weighted by Gasteiger charge is -2.17. The van der Waals surface area contributed by atoms with Crippen LogP contribution in [0.15, 0.2) is 84.0 Å². The molecule has 0 aliphatic rings. The van der Waals surface area contributed by atoms with Crippen molar-refractivity contribution in [2.75, 3.05) is 19.0 Å². The molecule has 0 unspecified atom stereocenters. The van der Waals surface area contributed by atoms with Crippen LogP contribution in [-0.4, -0.2) is 29.2 Å². The monoisotopic (exact) mass is 435 g/mol. The zero-order valence-corrected chi connectivity index (χ0v) is 17.8. The predicted octanol–water partition coefficient (Wildman–Crippen LogP) is 5.29. The Hall–Kier alpha value is -3.16. The highest BCUT2D eigenvalue weighted by Crippen LogP contribution is 2.37. The third-order valence-electron chi connectivity index (χ3n) is 4.81. The molecule has 0 aliphatic heterocycles. The fourth-order valence-corrected chi connectivity index (χ4v) is 4.43. The van der Waals surface area contributed by atoms with E-state index in [1.807, 2.05) is 54.6 Å². The third kappa shape index (κ3) is 4.95. The number of carbonyl (C=O) groups excluding carboxylic acids is 1. The molecule has 4 rings (SSSR count). The number of anilines is 1. The highest BCUT2D eigenvalue weighted by molar-refractivity contribution is 8.00. The van der Waals surface area contributed by atoms with E-state index in [-0.39, 0.29) is 11.7 Å². The van der Waals surface area contributed by atoms with E-state index in [1.165, 1.54) is 23.9 Å². The number of carbonyl (C=O) groups is 1. The average Bonchev–Trinajstić information content (AvgIpc) is 3.15. The predicted molar refractivity (Wildman–Crippen MR) is 122 cm³/mol. The van der Waals surface area contributed by atoms with Gasteiger partial charge in [0, 0.05) is 19.3 Å². The first-order valence-corrected chi connectivity index (χ1v) is 10.8. The summed E-state index contributed by atoms with van der Waals surface area (Å²) in [5.41, 5.74) is 3.26. The van der Waals surface area contributed by atoms with Crippen molar-refractivity contribution in [1.82, 2.24) is 9.55 Å². The minimum Gasteiger partial charge on any atom is -0.383 e. The third-order valence-corrected chi connectivity index (χ3v) is 6.06. The molecule has 1 heterocycles. The number of hydrogen-bond donors (Lipinski definition) is 1. The number of nitrogens with zero attached hydrogens (tertiary/aromatic N) is 2. The Morgan fingerprint density at radius 2 is 1.77 bits per heavy atom.